The lowest BCUT2D eigenvalue weighted by molar-refractivity contribution is -0.119. The Morgan fingerprint density at radius 3 is 3.00 bits per heavy atom. The Balaban J connectivity index is 2.18. The van der Waals surface area contributed by atoms with E-state index in [2.05, 4.69) is 0 Å². The van der Waals surface area contributed by atoms with Gasteiger partial charge in [-0.25, -0.2) is 0 Å². The van der Waals surface area contributed by atoms with Crippen molar-refractivity contribution in [1.82, 2.24) is 0 Å². The summed E-state index contributed by atoms with van der Waals surface area (Å²) in [4.78, 5) is 26.5. The Kier molecular flexibility index (Phi) is 2.14. The molecule has 0 unspecified atom stereocenters. The fourth-order valence-corrected chi connectivity index (χ4v) is 3.60. The number of carbonyl (C=O) groups excluding carboxylic acids is 2. The van der Waals surface area contributed by atoms with Gasteiger partial charge < -0.3 is 4.90 Å². The molecule has 2 aliphatic heterocycles. The van der Waals surface area contributed by atoms with Gasteiger partial charge in [0.1, 0.15) is 0 Å². The Morgan fingerprint density at radius 1 is 1.38 bits per heavy atom. The first kappa shape index (κ1) is 10.0. The van der Waals surface area contributed by atoms with Crippen LogP contribution >= 0.6 is 11.3 Å². The van der Waals surface area contributed by atoms with Crippen LogP contribution in [-0.2, 0) is 11.2 Å². The molecule has 4 heteroatoms. The lowest BCUT2D eigenvalue weighted by atomic mass is 10.0. The van der Waals surface area contributed by atoms with Crippen LogP contribution in [0, 0.1) is 5.92 Å². The SMILES string of the molecule is C[C@@H]1CC(=O)c2scc3c2N(C1)C(=O)CC3. The Morgan fingerprint density at radius 2 is 2.19 bits per heavy atom. The van der Waals surface area contributed by atoms with E-state index in [1.807, 2.05) is 17.2 Å². The van der Waals surface area contributed by atoms with Gasteiger partial charge in [-0.15, -0.1) is 11.3 Å². The molecule has 84 valence electrons. The molecular weight excluding hydrogens is 222 g/mol. The molecule has 0 aromatic carbocycles. The zero-order valence-corrected chi connectivity index (χ0v) is 9.97. The molecule has 0 spiro atoms. The van der Waals surface area contributed by atoms with E-state index in [0.717, 1.165) is 17.0 Å². The summed E-state index contributed by atoms with van der Waals surface area (Å²) in [5, 5.41) is 2.04. The summed E-state index contributed by atoms with van der Waals surface area (Å²) in [7, 11) is 0. The van der Waals surface area contributed by atoms with Gasteiger partial charge in [-0.2, -0.15) is 0 Å². The molecule has 0 N–H and O–H groups in total. The van der Waals surface area contributed by atoms with Crippen molar-refractivity contribution in [2.24, 2.45) is 5.92 Å². The van der Waals surface area contributed by atoms with E-state index in [4.69, 9.17) is 0 Å². The first-order valence-electron chi connectivity index (χ1n) is 5.60. The quantitative estimate of drug-likeness (QED) is 0.691. The number of anilines is 1. The molecule has 0 saturated heterocycles. The average molecular weight is 235 g/mol. The number of Topliss-reactive ketones (excluding diaryl/α,β-unsaturated/α-hetero) is 1. The molecule has 0 radical (unpaired) electrons. The molecule has 0 aliphatic carbocycles. The van der Waals surface area contributed by atoms with Gasteiger partial charge in [0.2, 0.25) is 5.91 Å². The molecule has 3 nitrogen and oxygen atoms in total. The lowest BCUT2D eigenvalue weighted by Crippen LogP contribution is -2.37. The molecule has 2 aliphatic rings. The highest BCUT2D eigenvalue weighted by molar-refractivity contribution is 7.13. The van der Waals surface area contributed by atoms with Gasteiger partial charge >= 0.3 is 0 Å². The fourth-order valence-electron chi connectivity index (χ4n) is 2.54. The third-order valence-corrected chi connectivity index (χ3v) is 4.36. The standard InChI is InChI=1S/C12H13NO2S/c1-7-4-9(14)12-11-8(6-16-12)2-3-10(15)13(11)5-7/h6-7H,2-5H2,1H3/t7-/m1/s1. The minimum absolute atomic E-state index is 0.175. The van der Waals surface area contributed by atoms with Gasteiger partial charge in [-0.3, -0.25) is 9.59 Å². The Hall–Kier alpha value is -1.16. The molecule has 0 saturated carbocycles. The van der Waals surface area contributed by atoms with Gasteiger partial charge in [0.15, 0.2) is 5.78 Å². The van der Waals surface area contributed by atoms with E-state index in [0.29, 0.717) is 19.4 Å². The van der Waals surface area contributed by atoms with Gasteiger partial charge in [0, 0.05) is 19.4 Å². The van der Waals surface area contributed by atoms with Crippen LogP contribution in [-0.4, -0.2) is 18.2 Å². The molecule has 1 aromatic rings. The van der Waals surface area contributed by atoms with Crippen LogP contribution in [0.15, 0.2) is 5.38 Å². The summed E-state index contributed by atoms with van der Waals surface area (Å²) in [6.07, 6.45) is 1.95. The monoisotopic (exact) mass is 235 g/mol. The minimum atomic E-state index is 0.175. The Bertz CT molecular complexity index is 477. The second-order valence-corrected chi connectivity index (χ2v) is 5.56. The number of hydrogen-bond acceptors (Lipinski definition) is 3. The summed E-state index contributed by atoms with van der Waals surface area (Å²) < 4.78 is 0. The van der Waals surface area contributed by atoms with Gasteiger partial charge in [-0.05, 0) is 23.3 Å². The number of amides is 1. The third-order valence-electron chi connectivity index (χ3n) is 3.30. The topological polar surface area (TPSA) is 37.4 Å². The van der Waals surface area contributed by atoms with E-state index in [1.54, 1.807) is 0 Å². The van der Waals surface area contributed by atoms with Crippen molar-refractivity contribution in [2.75, 3.05) is 11.4 Å². The number of nitrogens with zero attached hydrogens (tertiary/aromatic N) is 1. The smallest absolute Gasteiger partial charge is 0.227 e. The van der Waals surface area contributed by atoms with Crippen molar-refractivity contribution >= 4 is 28.7 Å². The molecule has 1 atom stereocenters. The maximum atomic E-state index is 12.0. The van der Waals surface area contributed by atoms with Crippen LogP contribution in [0.25, 0.3) is 0 Å². The van der Waals surface area contributed by atoms with E-state index in [-0.39, 0.29) is 17.6 Å². The predicted molar refractivity (Wildman–Crippen MR) is 63.1 cm³/mol. The van der Waals surface area contributed by atoms with E-state index < -0.39 is 0 Å². The number of thiophene rings is 1. The molecule has 0 bridgehead atoms. The van der Waals surface area contributed by atoms with Crippen molar-refractivity contribution in [3.8, 4) is 0 Å². The van der Waals surface area contributed by atoms with Gasteiger partial charge in [0.25, 0.3) is 0 Å². The van der Waals surface area contributed by atoms with E-state index >= 15 is 0 Å². The molecule has 1 aromatic heterocycles. The number of rotatable bonds is 0. The van der Waals surface area contributed by atoms with Crippen LogP contribution in [0.3, 0.4) is 0 Å². The largest absolute Gasteiger partial charge is 0.310 e. The normalized spacial score (nSPS) is 24.3. The van der Waals surface area contributed by atoms with Crippen LogP contribution in [0.2, 0.25) is 0 Å². The summed E-state index contributed by atoms with van der Waals surface area (Å²) >= 11 is 1.50. The summed E-state index contributed by atoms with van der Waals surface area (Å²) in [6.45, 7) is 2.73. The third kappa shape index (κ3) is 1.33. The second-order valence-electron chi connectivity index (χ2n) is 4.68. The van der Waals surface area contributed by atoms with Crippen molar-refractivity contribution in [3.05, 3.63) is 15.8 Å². The molecule has 0 fully saturated rings. The highest BCUT2D eigenvalue weighted by Gasteiger charge is 2.34. The molecule has 1 amide bonds. The second kappa shape index (κ2) is 3.42. The first-order chi connectivity index (χ1) is 7.66. The van der Waals surface area contributed by atoms with Crippen molar-refractivity contribution in [3.63, 3.8) is 0 Å². The maximum Gasteiger partial charge on any atom is 0.227 e. The zero-order valence-electron chi connectivity index (χ0n) is 9.16. The number of hydrogen-bond donors (Lipinski definition) is 0. The lowest BCUT2D eigenvalue weighted by Gasteiger charge is -2.28. The average Bonchev–Trinajstić information content (AvgIpc) is 2.60. The van der Waals surface area contributed by atoms with Gasteiger partial charge in [-0.1, -0.05) is 6.92 Å². The first-order valence-corrected chi connectivity index (χ1v) is 6.48. The van der Waals surface area contributed by atoms with Crippen LogP contribution < -0.4 is 4.90 Å². The van der Waals surface area contributed by atoms with Crippen molar-refractivity contribution < 1.29 is 9.59 Å². The summed E-state index contributed by atoms with van der Waals surface area (Å²) in [5.41, 5.74) is 2.11. The molecule has 3 heterocycles. The number of aryl methyl sites for hydroxylation is 1. The van der Waals surface area contributed by atoms with Crippen LogP contribution in [0.1, 0.15) is 35.0 Å². The highest BCUT2D eigenvalue weighted by atomic mass is 32.1. The minimum Gasteiger partial charge on any atom is -0.310 e. The highest BCUT2D eigenvalue weighted by Crippen LogP contribution is 2.40. The molecule has 16 heavy (non-hydrogen) atoms. The summed E-state index contributed by atoms with van der Waals surface area (Å²) in [6, 6.07) is 0. The Labute approximate surface area is 98.1 Å². The molecular formula is C12H13NO2S. The summed E-state index contributed by atoms with van der Waals surface area (Å²) in [5.74, 6) is 0.645. The number of ketones is 1. The number of carbonyl (C=O) groups is 2. The fraction of sp³-hybridized carbons (Fsp3) is 0.500. The van der Waals surface area contributed by atoms with E-state index in [9.17, 15) is 9.59 Å². The van der Waals surface area contributed by atoms with Crippen molar-refractivity contribution in [1.29, 1.82) is 0 Å². The van der Waals surface area contributed by atoms with Gasteiger partial charge in [0.05, 0.1) is 10.6 Å². The molecule has 3 rings (SSSR count). The van der Waals surface area contributed by atoms with Crippen molar-refractivity contribution in [2.45, 2.75) is 26.2 Å². The predicted octanol–water partition coefficient (Wildman–Crippen LogP) is 2.25. The zero-order chi connectivity index (χ0) is 11.3. The van der Waals surface area contributed by atoms with Crippen LogP contribution in [0.4, 0.5) is 5.69 Å². The maximum absolute atomic E-state index is 12.0. The van der Waals surface area contributed by atoms with E-state index in [1.165, 1.54) is 16.9 Å². The van der Waals surface area contributed by atoms with Crippen LogP contribution in [0.5, 0.6) is 0 Å².